The van der Waals surface area contributed by atoms with Crippen LogP contribution < -0.4 is 5.32 Å². The molecule has 0 aliphatic heterocycles. The van der Waals surface area contributed by atoms with E-state index < -0.39 is 0 Å². The molecule has 0 aliphatic carbocycles. The number of anilines is 1. The Labute approximate surface area is 105 Å². The lowest BCUT2D eigenvalue weighted by molar-refractivity contribution is 0.763. The minimum Gasteiger partial charge on any atom is -0.350 e. The number of thiophene rings is 1. The van der Waals surface area contributed by atoms with Crippen LogP contribution in [0.5, 0.6) is 0 Å². The number of hydrogen-bond acceptors (Lipinski definition) is 5. The maximum Gasteiger partial charge on any atom is 0.243 e. The highest BCUT2D eigenvalue weighted by atomic mass is 32.1. The lowest BCUT2D eigenvalue weighted by Crippen LogP contribution is -2.20. The normalized spacial score (nSPS) is 12.4. The molecule has 2 heterocycles. The Kier molecular flexibility index (Phi) is 3.68. The van der Waals surface area contributed by atoms with Crippen molar-refractivity contribution in [3.8, 4) is 0 Å². The van der Waals surface area contributed by atoms with Crippen LogP contribution in [-0.4, -0.2) is 21.2 Å². The first kappa shape index (κ1) is 12.0. The SMILES string of the molecule is Cc1nnc(NC(C)Cc2ccsc2)nc1C. The van der Waals surface area contributed by atoms with Crippen molar-refractivity contribution < 1.29 is 0 Å². The molecular weight excluding hydrogens is 232 g/mol. The molecule has 2 aromatic heterocycles. The summed E-state index contributed by atoms with van der Waals surface area (Å²) in [5.74, 6) is 0.607. The van der Waals surface area contributed by atoms with Gasteiger partial charge < -0.3 is 5.32 Å². The zero-order chi connectivity index (χ0) is 12.3. The Morgan fingerprint density at radius 3 is 2.76 bits per heavy atom. The monoisotopic (exact) mass is 248 g/mol. The summed E-state index contributed by atoms with van der Waals surface area (Å²) in [6, 6.07) is 2.44. The van der Waals surface area contributed by atoms with Crippen molar-refractivity contribution in [2.75, 3.05) is 5.32 Å². The summed E-state index contributed by atoms with van der Waals surface area (Å²) in [6.07, 6.45) is 0.972. The van der Waals surface area contributed by atoms with Crippen molar-refractivity contribution in [2.45, 2.75) is 33.2 Å². The molecule has 0 amide bonds. The van der Waals surface area contributed by atoms with Gasteiger partial charge in [0, 0.05) is 6.04 Å². The average Bonchev–Trinajstić information content (AvgIpc) is 2.76. The second-order valence-electron chi connectivity index (χ2n) is 4.19. The van der Waals surface area contributed by atoms with E-state index in [4.69, 9.17) is 0 Å². The predicted octanol–water partition coefficient (Wildman–Crippen LogP) is 2.59. The maximum atomic E-state index is 4.36. The summed E-state index contributed by atoms with van der Waals surface area (Å²) in [7, 11) is 0. The molecule has 0 aliphatic rings. The molecule has 0 radical (unpaired) electrons. The zero-order valence-corrected chi connectivity index (χ0v) is 11.1. The van der Waals surface area contributed by atoms with Crippen molar-refractivity contribution >= 4 is 17.3 Å². The van der Waals surface area contributed by atoms with Gasteiger partial charge in [-0.05, 0) is 49.6 Å². The number of nitrogens with zero attached hydrogens (tertiary/aromatic N) is 3. The van der Waals surface area contributed by atoms with Gasteiger partial charge in [0.2, 0.25) is 5.95 Å². The smallest absolute Gasteiger partial charge is 0.243 e. The minimum absolute atomic E-state index is 0.300. The minimum atomic E-state index is 0.300. The Balaban J connectivity index is 1.98. The van der Waals surface area contributed by atoms with Crippen molar-refractivity contribution in [3.63, 3.8) is 0 Å². The molecule has 0 aromatic carbocycles. The van der Waals surface area contributed by atoms with Gasteiger partial charge in [-0.25, -0.2) is 4.98 Å². The molecule has 4 nitrogen and oxygen atoms in total. The van der Waals surface area contributed by atoms with Gasteiger partial charge in [-0.1, -0.05) is 0 Å². The lowest BCUT2D eigenvalue weighted by Gasteiger charge is -2.12. The zero-order valence-electron chi connectivity index (χ0n) is 10.3. The first-order valence-electron chi connectivity index (χ1n) is 5.60. The molecule has 2 rings (SSSR count). The van der Waals surface area contributed by atoms with Gasteiger partial charge in [0.15, 0.2) is 0 Å². The fraction of sp³-hybridized carbons (Fsp3) is 0.417. The van der Waals surface area contributed by atoms with E-state index in [1.165, 1.54) is 5.56 Å². The summed E-state index contributed by atoms with van der Waals surface area (Å²) >= 11 is 1.72. The number of aryl methyl sites for hydroxylation is 2. The van der Waals surface area contributed by atoms with E-state index in [0.29, 0.717) is 12.0 Å². The van der Waals surface area contributed by atoms with Gasteiger partial charge in [-0.15, -0.1) is 5.10 Å². The second kappa shape index (κ2) is 5.23. The molecule has 0 bridgehead atoms. The van der Waals surface area contributed by atoms with Crippen molar-refractivity contribution in [2.24, 2.45) is 0 Å². The maximum absolute atomic E-state index is 4.36. The highest BCUT2D eigenvalue weighted by molar-refractivity contribution is 7.07. The Morgan fingerprint density at radius 1 is 1.29 bits per heavy atom. The highest BCUT2D eigenvalue weighted by Gasteiger charge is 2.07. The number of hydrogen-bond donors (Lipinski definition) is 1. The van der Waals surface area contributed by atoms with Crippen LogP contribution in [0.25, 0.3) is 0 Å². The molecule has 1 atom stereocenters. The van der Waals surface area contributed by atoms with Crippen LogP contribution in [0, 0.1) is 13.8 Å². The summed E-state index contributed by atoms with van der Waals surface area (Å²) in [5, 5.41) is 15.6. The molecule has 1 unspecified atom stereocenters. The number of rotatable bonds is 4. The largest absolute Gasteiger partial charge is 0.350 e. The van der Waals surface area contributed by atoms with E-state index >= 15 is 0 Å². The molecule has 5 heteroatoms. The van der Waals surface area contributed by atoms with E-state index in [1.807, 2.05) is 13.8 Å². The fourth-order valence-corrected chi connectivity index (χ4v) is 2.23. The van der Waals surface area contributed by atoms with Gasteiger partial charge in [-0.3, -0.25) is 0 Å². The molecule has 90 valence electrons. The van der Waals surface area contributed by atoms with Gasteiger partial charge in [0.05, 0.1) is 11.4 Å². The van der Waals surface area contributed by atoms with Gasteiger partial charge in [-0.2, -0.15) is 16.4 Å². The third-order valence-corrected chi connectivity index (χ3v) is 3.32. The van der Waals surface area contributed by atoms with Crippen LogP contribution in [0.1, 0.15) is 23.9 Å². The van der Waals surface area contributed by atoms with Crippen LogP contribution in [0.2, 0.25) is 0 Å². The fourth-order valence-electron chi connectivity index (χ4n) is 1.55. The van der Waals surface area contributed by atoms with Crippen LogP contribution in [0.4, 0.5) is 5.95 Å². The van der Waals surface area contributed by atoms with Gasteiger partial charge in [0.1, 0.15) is 0 Å². The van der Waals surface area contributed by atoms with Crippen LogP contribution in [0.15, 0.2) is 16.8 Å². The Morgan fingerprint density at radius 2 is 2.12 bits per heavy atom. The predicted molar refractivity (Wildman–Crippen MR) is 70.4 cm³/mol. The summed E-state index contributed by atoms with van der Waals surface area (Å²) < 4.78 is 0. The average molecular weight is 248 g/mol. The van der Waals surface area contributed by atoms with E-state index in [0.717, 1.165) is 17.8 Å². The van der Waals surface area contributed by atoms with Crippen molar-refractivity contribution in [1.29, 1.82) is 0 Å². The Bertz CT molecular complexity index is 481. The molecule has 2 aromatic rings. The summed E-state index contributed by atoms with van der Waals surface area (Å²) in [4.78, 5) is 4.36. The molecule has 17 heavy (non-hydrogen) atoms. The van der Waals surface area contributed by atoms with Crippen LogP contribution in [-0.2, 0) is 6.42 Å². The molecule has 1 N–H and O–H groups in total. The third-order valence-electron chi connectivity index (χ3n) is 2.59. The van der Waals surface area contributed by atoms with Crippen molar-refractivity contribution in [3.05, 3.63) is 33.8 Å². The van der Waals surface area contributed by atoms with Crippen LogP contribution in [0.3, 0.4) is 0 Å². The quantitative estimate of drug-likeness (QED) is 0.903. The Hall–Kier alpha value is -1.49. The van der Waals surface area contributed by atoms with Crippen molar-refractivity contribution in [1.82, 2.24) is 15.2 Å². The third kappa shape index (κ3) is 3.23. The molecule has 0 saturated heterocycles. The number of aromatic nitrogens is 3. The lowest BCUT2D eigenvalue weighted by atomic mass is 10.1. The number of nitrogens with one attached hydrogen (secondary N) is 1. The van der Waals surface area contributed by atoms with Gasteiger partial charge >= 0.3 is 0 Å². The topological polar surface area (TPSA) is 50.7 Å². The van der Waals surface area contributed by atoms with E-state index in [1.54, 1.807) is 11.3 Å². The summed E-state index contributed by atoms with van der Waals surface area (Å²) in [6.45, 7) is 5.98. The van der Waals surface area contributed by atoms with E-state index in [2.05, 4.69) is 44.2 Å². The molecule has 0 saturated carbocycles. The second-order valence-corrected chi connectivity index (χ2v) is 4.97. The molecule has 0 spiro atoms. The first-order valence-corrected chi connectivity index (χ1v) is 6.55. The summed E-state index contributed by atoms with van der Waals surface area (Å²) in [5.41, 5.74) is 3.14. The highest BCUT2D eigenvalue weighted by Crippen LogP contribution is 2.11. The molecule has 0 fully saturated rings. The van der Waals surface area contributed by atoms with E-state index in [9.17, 15) is 0 Å². The van der Waals surface area contributed by atoms with Crippen LogP contribution >= 0.6 is 11.3 Å². The van der Waals surface area contributed by atoms with Gasteiger partial charge in [0.25, 0.3) is 0 Å². The van der Waals surface area contributed by atoms with E-state index in [-0.39, 0.29) is 0 Å². The molecular formula is C12H16N4S. The standard InChI is InChI=1S/C12H16N4S/c1-8(6-11-4-5-17-7-11)13-12-14-9(2)10(3)15-16-12/h4-5,7-8H,6H2,1-3H3,(H,13,14,16). The first-order chi connectivity index (χ1) is 8.15.